The highest BCUT2D eigenvalue weighted by Gasteiger charge is 2.08. The zero-order chi connectivity index (χ0) is 13.7. The van der Waals surface area contributed by atoms with Crippen LogP contribution in [0.2, 0.25) is 0 Å². The third-order valence-corrected chi connectivity index (χ3v) is 2.82. The van der Waals surface area contributed by atoms with Crippen LogP contribution in [0.25, 0.3) is 0 Å². The average Bonchev–Trinajstić information content (AvgIpc) is 2.46. The molecule has 100 valence electrons. The van der Waals surface area contributed by atoms with Crippen molar-refractivity contribution in [3.63, 3.8) is 0 Å². The molecule has 2 N–H and O–H groups in total. The van der Waals surface area contributed by atoms with Gasteiger partial charge in [0.1, 0.15) is 5.75 Å². The van der Waals surface area contributed by atoms with Gasteiger partial charge in [0.15, 0.2) is 11.5 Å². The van der Waals surface area contributed by atoms with Gasteiger partial charge in [-0.15, -0.1) is 0 Å². The lowest BCUT2D eigenvalue weighted by Crippen LogP contribution is -2.02. The zero-order valence-electron chi connectivity index (χ0n) is 11.0. The number of phenols is 1. The molecule has 2 aromatic carbocycles. The maximum Gasteiger partial charge on any atom is 0.183 e. The molecule has 0 bridgehead atoms. The van der Waals surface area contributed by atoms with Gasteiger partial charge in [-0.2, -0.15) is 0 Å². The molecular formula is C15H17NO3. The second-order valence-electron chi connectivity index (χ2n) is 4.06. The molecule has 0 unspecified atom stereocenters. The molecule has 0 atom stereocenters. The van der Waals surface area contributed by atoms with Crippen molar-refractivity contribution in [1.29, 1.82) is 0 Å². The number of benzene rings is 2. The molecular weight excluding hydrogens is 242 g/mol. The number of nitrogens with one attached hydrogen (secondary N) is 1. The summed E-state index contributed by atoms with van der Waals surface area (Å²) in [6.07, 6.45) is 0. The Morgan fingerprint density at radius 2 is 1.74 bits per heavy atom. The molecule has 4 heteroatoms. The molecule has 2 rings (SSSR count). The second-order valence-corrected chi connectivity index (χ2v) is 4.06. The highest BCUT2D eigenvalue weighted by atomic mass is 16.5. The van der Waals surface area contributed by atoms with E-state index in [0.29, 0.717) is 18.0 Å². The molecule has 0 saturated heterocycles. The predicted octanol–water partition coefficient (Wildman–Crippen LogP) is 3.02. The summed E-state index contributed by atoms with van der Waals surface area (Å²) in [5.41, 5.74) is 1.94. The van der Waals surface area contributed by atoms with Gasteiger partial charge in [-0.05, 0) is 29.8 Å². The quantitative estimate of drug-likeness (QED) is 0.866. The smallest absolute Gasteiger partial charge is 0.183 e. The molecule has 0 saturated carbocycles. The number of phenolic OH excluding ortho intramolecular Hbond substituents is 1. The molecule has 0 aliphatic rings. The highest BCUT2D eigenvalue weighted by molar-refractivity contribution is 5.63. The highest BCUT2D eigenvalue weighted by Crippen LogP contribution is 2.34. The number of anilines is 1. The Balaban J connectivity index is 2.13. The van der Waals surface area contributed by atoms with Gasteiger partial charge in [0, 0.05) is 6.54 Å². The number of aromatic hydroxyl groups is 1. The van der Waals surface area contributed by atoms with E-state index in [2.05, 4.69) is 5.32 Å². The minimum absolute atomic E-state index is 0.266. The summed E-state index contributed by atoms with van der Waals surface area (Å²) in [5, 5.41) is 12.5. The maximum atomic E-state index is 9.24. The van der Waals surface area contributed by atoms with Crippen LogP contribution in [0.1, 0.15) is 5.56 Å². The van der Waals surface area contributed by atoms with Gasteiger partial charge in [0.05, 0.1) is 19.9 Å². The minimum Gasteiger partial charge on any atom is -0.508 e. The van der Waals surface area contributed by atoms with Crippen LogP contribution in [0.15, 0.2) is 42.5 Å². The van der Waals surface area contributed by atoms with Gasteiger partial charge < -0.3 is 19.9 Å². The molecule has 4 nitrogen and oxygen atoms in total. The molecule has 2 aromatic rings. The summed E-state index contributed by atoms with van der Waals surface area (Å²) in [4.78, 5) is 0. The van der Waals surface area contributed by atoms with Crippen LogP contribution < -0.4 is 14.8 Å². The lowest BCUT2D eigenvalue weighted by atomic mass is 10.2. The normalized spacial score (nSPS) is 10.0. The summed E-state index contributed by atoms with van der Waals surface area (Å²) in [6, 6.07) is 12.8. The number of rotatable bonds is 5. The van der Waals surface area contributed by atoms with Gasteiger partial charge in [-0.1, -0.05) is 18.2 Å². The Bertz CT molecular complexity index is 538. The summed E-state index contributed by atoms with van der Waals surface area (Å²) in [5.74, 6) is 1.64. The van der Waals surface area contributed by atoms with E-state index in [0.717, 1.165) is 11.3 Å². The Morgan fingerprint density at radius 1 is 1.00 bits per heavy atom. The van der Waals surface area contributed by atoms with Gasteiger partial charge in [0.25, 0.3) is 0 Å². The molecule has 0 heterocycles. The first-order chi connectivity index (χ1) is 9.24. The van der Waals surface area contributed by atoms with Crippen molar-refractivity contribution in [3.05, 3.63) is 48.0 Å². The Hall–Kier alpha value is -2.36. The third kappa shape index (κ3) is 3.10. The number of ether oxygens (including phenoxy) is 2. The van der Waals surface area contributed by atoms with E-state index in [4.69, 9.17) is 9.47 Å². The molecule has 0 amide bonds. The first-order valence-electron chi connectivity index (χ1n) is 5.97. The topological polar surface area (TPSA) is 50.7 Å². The van der Waals surface area contributed by atoms with E-state index in [1.807, 2.05) is 30.3 Å². The standard InChI is InChI=1S/C15H17NO3/c1-18-14-5-3-4-13(15(14)19-2)16-10-11-6-8-12(17)9-7-11/h3-9,16-17H,10H2,1-2H3. The maximum absolute atomic E-state index is 9.24. The average molecular weight is 259 g/mol. The van der Waals surface area contributed by atoms with Crippen molar-refractivity contribution >= 4 is 5.69 Å². The van der Waals surface area contributed by atoms with Crippen molar-refractivity contribution in [3.8, 4) is 17.2 Å². The van der Waals surface area contributed by atoms with Crippen LogP contribution in [0.3, 0.4) is 0 Å². The second kappa shape index (κ2) is 6.00. The third-order valence-electron chi connectivity index (χ3n) is 2.82. The number of methoxy groups -OCH3 is 2. The minimum atomic E-state index is 0.266. The lowest BCUT2D eigenvalue weighted by Gasteiger charge is -2.14. The molecule has 0 aliphatic heterocycles. The van der Waals surface area contributed by atoms with E-state index >= 15 is 0 Å². The Kier molecular flexibility index (Phi) is 4.13. The molecule has 0 aliphatic carbocycles. The number of hydrogen-bond acceptors (Lipinski definition) is 4. The van der Waals surface area contributed by atoms with Crippen LogP contribution in [0.4, 0.5) is 5.69 Å². The van der Waals surface area contributed by atoms with Gasteiger partial charge in [-0.3, -0.25) is 0 Å². The van der Waals surface area contributed by atoms with E-state index in [1.54, 1.807) is 26.4 Å². The SMILES string of the molecule is COc1cccc(NCc2ccc(O)cc2)c1OC. The number of para-hydroxylation sites is 1. The van der Waals surface area contributed by atoms with E-state index in [1.165, 1.54) is 0 Å². The van der Waals surface area contributed by atoms with Crippen molar-refractivity contribution in [2.24, 2.45) is 0 Å². The van der Waals surface area contributed by atoms with Gasteiger partial charge in [0.2, 0.25) is 0 Å². The molecule has 0 spiro atoms. The van der Waals surface area contributed by atoms with E-state index < -0.39 is 0 Å². The zero-order valence-corrected chi connectivity index (χ0v) is 11.0. The lowest BCUT2D eigenvalue weighted by molar-refractivity contribution is 0.356. The Labute approximate surface area is 112 Å². The van der Waals surface area contributed by atoms with Crippen LogP contribution >= 0.6 is 0 Å². The van der Waals surface area contributed by atoms with Crippen LogP contribution in [0.5, 0.6) is 17.2 Å². The summed E-state index contributed by atoms with van der Waals surface area (Å²) < 4.78 is 10.6. The van der Waals surface area contributed by atoms with Crippen molar-refractivity contribution in [2.75, 3.05) is 19.5 Å². The van der Waals surface area contributed by atoms with E-state index in [9.17, 15) is 5.11 Å². The molecule has 0 fully saturated rings. The fourth-order valence-corrected chi connectivity index (χ4v) is 1.84. The largest absolute Gasteiger partial charge is 0.508 e. The first kappa shape index (κ1) is 13.1. The van der Waals surface area contributed by atoms with Gasteiger partial charge >= 0.3 is 0 Å². The van der Waals surface area contributed by atoms with Crippen molar-refractivity contribution in [1.82, 2.24) is 0 Å². The summed E-state index contributed by atoms with van der Waals surface area (Å²) >= 11 is 0. The summed E-state index contributed by atoms with van der Waals surface area (Å²) in [6.45, 7) is 0.643. The van der Waals surface area contributed by atoms with E-state index in [-0.39, 0.29) is 5.75 Å². The van der Waals surface area contributed by atoms with Gasteiger partial charge in [-0.25, -0.2) is 0 Å². The molecule has 0 aromatic heterocycles. The Morgan fingerprint density at radius 3 is 2.37 bits per heavy atom. The van der Waals surface area contributed by atoms with Crippen molar-refractivity contribution in [2.45, 2.75) is 6.54 Å². The monoisotopic (exact) mass is 259 g/mol. The number of hydrogen-bond donors (Lipinski definition) is 2. The fourth-order valence-electron chi connectivity index (χ4n) is 1.84. The van der Waals surface area contributed by atoms with Crippen LogP contribution in [0, 0.1) is 0 Å². The fraction of sp³-hybridized carbons (Fsp3) is 0.200. The molecule has 19 heavy (non-hydrogen) atoms. The van der Waals surface area contributed by atoms with Crippen LogP contribution in [-0.2, 0) is 6.54 Å². The molecule has 0 radical (unpaired) electrons. The predicted molar refractivity (Wildman–Crippen MR) is 75.0 cm³/mol. The summed E-state index contributed by atoms with van der Waals surface area (Å²) in [7, 11) is 3.23. The van der Waals surface area contributed by atoms with Crippen molar-refractivity contribution < 1.29 is 14.6 Å². The van der Waals surface area contributed by atoms with Crippen LogP contribution in [-0.4, -0.2) is 19.3 Å². The first-order valence-corrected chi connectivity index (χ1v) is 5.97.